The van der Waals surface area contributed by atoms with E-state index in [0.717, 1.165) is 16.6 Å². The molecule has 0 bridgehead atoms. The third-order valence-electron chi connectivity index (χ3n) is 4.28. The van der Waals surface area contributed by atoms with Crippen LogP contribution in [0.2, 0.25) is 0 Å². The Labute approximate surface area is 146 Å². The third kappa shape index (κ3) is 3.71. The average Bonchev–Trinajstić information content (AvgIpc) is 3.01. The lowest BCUT2D eigenvalue weighted by atomic mass is 10.1. The molecule has 0 radical (unpaired) electrons. The number of carbonyl (C=O) groups excluding carboxylic acids is 2. The number of hydrogen-bond donors (Lipinski definition) is 3. The van der Waals surface area contributed by atoms with Gasteiger partial charge in [-0.15, -0.1) is 0 Å². The number of aryl methyl sites for hydroxylation is 2. The second-order valence-electron chi connectivity index (χ2n) is 6.09. The monoisotopic (exact) mass is 335 g/mol. The van der Waals surface area contributed by atoms with Crippen LogP contribution in [0.15, 0.2) is 48.7 Å². The van der Waals surface area contributed by atoms with Crippen molar-refractivity contribution in [2.24, 2.45) is 0 Å². The molecule has 0 spiro atoms. The highest BCUT2D eigenvalue weighted by molar-refractivity contribution is 6.39. The molecule has 0 saturated heterocycles. The summed E-state index contributed by atoms with van der Waals surface area (Å²) < 4.78 is 0. The molecular formula is C20H21N3O2. The fourth-order valence-corrected chi connectivity index (χ4v) is 2.93. The fraction of sp³-hybridized carbons (Fsp3) is 0.200. The maximum Gasteiger partial charge on any atom is 0.313 e. The molecule has 2 amide bonds. The molecule has 0 fully saturated rings. The number of H-pyrrole nitrogens is 1. The summed E-state index contributed by atoms with van der Waals surface area (Å²) in [6.45, 7) is 4.35. The van der Waals surface area contributed by atoms with Crippen LogP contribution in [0.3, 0.4) is 0 Å². The van der Waals surface area contributed by atoms with Crippen molar-refractivity contribution in [2.45, 2.75) is 20.3 Å². The van der Waals surface area contributed by atoms with Crippen molar-refractivity contribution in [2.75, 3.05) is 11.9 Å². The van der Waals surface area contributed by atoms with Gasteiger partial charge in [0.1, 0.15) is 0 Å². The van der Waals surface area contributed by atoms with Gasteiger partial charge in [0, 0.05) is 29.3 Å². The van der Waals surface area contributed by atoms with Crippen LogP contribution in [0, 0.1) is 13.8 Å². The summed E-state index contributed by atoms with van der Waals surface area (Å²) in [5.74, 6) is -1.27. The zero-order valence-electron chi connectivity index (χ0n) is 14.3. The van der Waals surface area contributed by atoms with Crippen LogP contribution in [0.25, 0.3) is 10.9 Å². The first-order valence-electron chi connectivity index (χ1n) is 8.26. The molecule has 0 aliphatic carbocycles. The van der Waals surface area contributed by atoms with Crippen molar-refractivity contribution in [3.05, 3.63) is 65.4 Å². The van der Waals surface area contributed by atoms with Crippen LogP contribution < -0.4 is 10.6 Å². The van der Waals surface area contributed by atoms with Crippen molar-refractivity contribution in [1.29, 1.82) is 0 Å². The minimum absolute atomic E-state index is 0.404. The molecule has 3 N–H and O–H groups in total. The van der Waals surface area contributed by atoms with Crippen molar-refractivity contribution in [3.63, 3.8) is 0 Å². The van der Waals surface area contributed by atoms with Gasteiger partial charge >= 0.3 is 11.8 Å². The van der Waals surface area contributed by atoms with Gasteiger partial charge in [0.05, 0.1) is 0 Å². The lowest BCUT2D eigenvalue weighted by Gasteiger charge is -2.08. The highest BCUT2D eigenvalue weighted by atomic mass is 16.2. The maximum atomic E-state index is 12.0. The van der Waals surface area contributed by atoms with Crippen LogP contribution in [0.5, 0.6) is 0 Å². The van der Waals surface area contributed by atoms with E-state index in [4.69, 9.17) is 0 Å². The van der Waals surface area contributed by atoms with Crippen molar-refractivity contribution in [3.8, 4) is 0 Å². The smallest absolute Gasteiger partial charge is 0.313 e. The van der Waals surface area contributed by atoms with E-state index in [1.165, 1.54) is 10.9 Å². The second-order valence-corrected chi connectivity index (χ2v) is 6.09. The van der Waals surface area contributed by atoms with Gasteiger partial charge in [-0.05, 0) is 49.1 Å². The maximum absolute atomic E-state index is 12.0. The molecule has 3 rings (SSSR count). The fourth-order valence-electron chi connectivity index (χ4n) is 2.93. The van der Waals surface area contributed by atoms with Gasteiger partial charge in [0.2, 0.25) is 0 Å². The summed E-state index contributed by atoms with van der Waals surface area (Å²) in [6.07, 6.45) is 2.62. The minimum atomic E-state index is -0.649. The van der Waals surface area contributed by atoms with Crippen LogP contribution in [0.4, 0.5) is 5.69 Å². The number of aromatic amines is 1. The van der Waals surface area contributed by atoms with Gasteiger partial charge in [-0.25, -0.2) is 0 Å². The van der Waals surface area contributed by atoms with Crippen LogP contribution in [0.1, 0.15) is 16.7 Å². The summed E-state index contributed by atoms with van der Waals surface area (Å²) in [7, 11) is 0. The molecule has 0 atom stereocenters. The molecule has 3 aromatic rings. The van der Waals surface area contributed by atoms with E-state index in [0.29, 0.717) is 18.7 Å². The number of fused-ring (bicyclic) bond motifs is 1. The molecule has 128 valence electrons. The summed E-state index contributed by atoms with van der Waals surface area (Å²) in [5, 5.41) is 6.50. The molecule has 2 aromatic carbocycles. The number of hydrogen-bond acceptors (Lipinski definition) is 2. The number of para-hydroxylation sites is 1. The Balaban J connectivity index is 1.57. The van der Waals surface area contributed by atoms with Crippen LogP contribution in [-0.4, -0.2) is 23.3 Å². The number of amides is 2. The van der Waals surface area contributed by atoms with Crippen LogP contribution in [-0.2, 0) is 16.0 Å². The molecular weight excluding hydrogens is 314 g/mol. The molecule has 1 heterocycles. The van der Waals surface area contributed by atoms with Gasteiger partial charge < -0.3 is 15.6 Å². The zero-order valence-corrected chi connectivity index (χ0v) is 14.3. The van der Waals surface area contributed by atoms with Gasteiger partial charge in [0.15, 0.2) is 0 Å². The average molecular weight is 335 g/mol. The van der Waals surface area contributed by atoms with Crippen molar-refractivity contribution in [1.82, 2.24) is 10.3 Å². The number of benzene rings is 2. The predicted octanol–water partition coefficient (Wildman–Crippen LogP) is 3.08. The Kier molecular flexibility index (Phi) is 4.84. The molecule has 0 unspecified atom stereocenters. The lowest BCUT2D eigenvalue weighted by molar-refractivity contribution is -0.136. The predicted molar refractivity (Wildman–Crippen MR) is 99.6 cm³/mol. The summed E-state index contributed by atoms with van der Waals surface area (Å²) >= 11 is 0. The van der Waals surface area contributed by atoms with E-state index >= 15 is 0 Å². The first-order valence-corrected chi connectivity index (χ1v) is 8.26. The summed E-state index contributed by atoms with van der Waals surface area (Å²) in [4.78, 5) is 27.2. The first kappa shape index (κ1) is 16.8. The minimum Gasteiger partial charge on any atom is -0.361 e. The second kappa shape index (κ2) is 7.21. The molecule has 0 aliphatic heterocycles. The van der Waals surface area contributed by atoms with E-state index in [1.807, 2.05) is 43.5 Å². The van der Waals surface area contributed by atoms with Gasteiger partial charge in [-0.2, -0.15) is 0 Å². The number of anilines is 1. The first-order chi connectivity index (χ1) is 12.1. The van der Waals surface area contributed by atoms with E-state index < -0.39 is 11.8 Å². The lowest BCUT2D eigenvalue weighted by Crippen LogP contribution is -2.36. The van der Waals surface area contributed by atoms with Crippen molar-refractivity contribution < 1.29 is 9.59 Å². The molecule has 1 aromatic heterocycles. The number of aromatic nitrogens is 1. The van der Waals surface area contributed by atoms with E-state index in [1.54, 1.807) is 6.07 Å². The Morgan fingerprint density at radius 2 is 1.72 bits per heavy atom. The Morgan fingerprint density at radius 1 is 0.960 bits per heavy atom. The molecule has 5 nitrogen and oxygen atoms in total. The number of nitrogens with one attached hydrogen (secondary N) is 3. The molecule has 25 heavy (non-hydrogen) atoms. The summed E-state index contributed by atoms with van der Waals surface area (Å²) in [5.41, 5.74) is 4.97. The molecule has 0 aliphatic rings. The quantitative estimate of drug-likeness (QED) is 0.641. The van der Waals surface area contributed by atoms with Gasteiger partial charge in [0.25, 0.3) is 0 Å². The normalized spacial score (nSPS) is 10.6. The Hall–Kier alpha value is -3.08. The molecule has 0 saturated carbocycles. The third-order valence-corrected chi connectivity index (χ3v) is 4.28. The van der Waals surface area contributed by atoms with E-state index in [9.17, 15) is 9.59 Å². The van der Waals surface area contributed by atoms with E-state index in [-0.39, 0.29) is 0 Å². The SMILES string of the molecule is Cc1ccccc1NC(=O)C(=O)NCCc1c[nH]c2cccc(C)c12. The highest BCUT2D eigenvalue weighted by Gasteiger charge is 2.14. The standard InChI is InChI=1S/C20H21N3O2/c1-13-6-3-4-8-16(13)23-20(25)19(24)21-11-10-15-12-22-17-9-5-7-14(2)18(15)17/h3-9,12,22H,10-11H2,1-2H3,(H,21,24)(H,23,25). The summed E-state index contributed by atoms with van der Waals surface area (Å²) in [6, 6.07) is 13.5. The Morgan fingerprint density at radius 3 is 2.52 bits per heavy atom. The zero-order chi connectivity index (χ0) is 17.8. The van der Waals surface area contributed by atoms with Gasteiger partial charge in [-0.3, -0.25) is 9.59 Å². The Bertz CT molecular complexity index is 928. The van der Waals surface area contributed by atoms with Crippen molar-refractivity contribution >= 4 is 28.4 Å². The topological polar surface area (TPSA) is 74.0 Å². The molecule has 5 heteroatoms. The largest absolute Gasteiger partial charge is 0.361 e. The van der Waals surface area contributed by atoms with Crippen LogP contribution >= 0.6 is 0 Å². The highest BCUT2D eigenvalue weighted by Crippen LogP contribution is 2.22. The van der Waals surface area contributed by atoms with E-state index in [2.05, 4.69) is 28.6 Å². The van der Waals surface area contributed by atoms with Gasteiger partial charge in [-0.1, -0.05) is 30.3 Å². The number of rotatable bonds is 4. The number of carbonyl (C=O) groups is 2.